The number of aromatic nitrogens is 3. The maximum atomic E-state index is 13.0. The summed E-state index contributed by atoms with van der Waals surface area (Å²) < 4.78 is 4.58. The molecule has 0 fully saturated rings. The average Bonchev–Trinajstić information content (AvgIpc) is 3.83. The van der Waals surface area contributed by atoms with Crippen molar-refractivity contribution in [2.24, 2.45) is 4.99 Å². The minimum Gasteiger partial charge on any atom is -0.386 e. The summed E-state index contributed by atoms with van der Waals surface area (Å²) in [7, 11) is 7.51. The number of hydrogen-bond acceptors (Lipinski definition) is 10. The van der Waals surface area contributed by atoms with Crippen LogP contribution in [0.25, 0.3) is 28.1 Å². The summed E-state index contributed by atoms with van der Waals surface area (Å²) in [6, 6.07) is 20.7. The van der Waals surface area contributed by atoms with Gasteiger partial charge in [-0.15, -0.1) is 12.8 Å². The van der Waals surface area contributed by atoms with Gasteiger partial charge in [-0.3, -0.25) is 25.0 Å². The Morgan fingerprint density at radius 3 is 2.12 bits per heavy atom. The summed E-state index contributed by atoms with van der Waals surface area (Å²) in [6.45, 7) is 19.4. The van der Waals surface area contributed by atoms with Crippen LogP contribution in [0.4, 0.5) is 0 Å². The fraction of sp³-hybridized carbons (Fsp3) is 0.389. The number of carbonyl (C=O) groups excluding carboxylic acids is 2. The number of pyridine rings is 1. The van der Waals surface area contributed by atoms with E-state index in [1.165, 1.54) is 0 Å². The van der Waals surface area contributed by atoms with Crippen molar-refractivity contribution in [1.29, 1.82) is 0 Å². The Morgan fingerprint density at radius 2 is 1.61 bits per heavy atom. The van der Waals surface area contributed by atoms with E-state index in [1.807, 2.05) is 81.1 Å². The minimum absolute atomic E-state index is 0.129. The molecule has 2 aromatic carbocycles. The quantitative estimate of drug-likeness (QED) is 0.0196. The van der Waals surface area contributed by atoms with E-state index in [-0.39, 0.29) is 11.9 Å². The highest BCUT2D eigenvalue weighted by Crippen LogP contribution is 2.26. The predicted molar refractivity (Wildman–Crippen MR) is 278 cm³/mol. The molecule has 2 aromatic heterocycles. The van der Waals surface area contributed by atoms with Gasteiger partial charge < -0.3 is 29.6 Å². The van der Waals surface area contributed by atoms with Gasteiger partial charge in [0.2, 0.25) is 5.91 Å². The van der Waals surface area contributed by atoms with Crippen LogP contribution in [-0.2, 0) is 27.3 Å². The van der Waals surface area contributed by atoms with Gasteiger partial charge in [-0.1, -0.05) is 113 Å². The zero-order chi connectivity index (χ0) is 49.0. The first-order valence-corrected chi connectivity index (χ1v) is 22.8. The molecular formula is C54H77N9O3. The van der Waals surface area contributed by atoms with E-state index in [9.17, 15) is 9.59 Å². The fourth-order valence-corrected chi connectivity index (χ4v) is 6.72. The van der Waals surface area contributed by atoms with Crippen molar-refractivity contribution in [2.75, 3.05) is 67.7 Å². The fourth-order valence-electron chi connectivity index (χ4n) is 6.72. The number of aliphatic imine (C=N–C) groups is 1. The van der Waals surface area contributed by atoms with Crippen molar-refractivity contribution in [2.45, 2.75) is 72.9 Å². The summed E-state index contributed by atoms with van der Waals surface area (Å²) in [4.78, 5) is 47.0. The molecule has 0 unspecified atom stereocenters. The van der Waals surface area contributed by atoms with Crippen LogP contribution in [0.3, 0.4) is 0 Å². The molecule has 0 spiro atoms. The number of allylic oxidation sites excluding steroid dienone is 3. The number of aldehydes is 1. The van der Waals surface area contributed by atoms with Gasteiger partial charge in [-0.25, -0.2) is 4.98 Å². The number of imidazole rings is 1. The Balaban J connectivity index is 0.000000822. The van der Waals surface area contributed by atoms with E-state index in [0.717, 1.165) is 95.9 Å². The SMILES string of the molecule is C#C.C=C/C=C\C(=C/C)[C@H](C=O)N(CC)CC.CCCN(C)CC=N/C=C(\NC)c1ccc(-c2ccc(-c3cnc(CN(CCC)C(=O)CCc4cccnc4)[nH]3)cc2)cc1.CNCOC. The largest absolute Gasteiger partial charge is 0.386 e. The van der Waals surface area contributed by atoms with Crippen molar-refractivity contribution in [3.05, 3.63) is 139 Å². The predicted octanol–water partition coefficient (Wildman–Crippen LogP) is 9.08. The van der Waals surface area contributed by atoms with Crippen molar-refractivity contribution >= 4 is 24.1 Å². The van der Waals surface area contributed by atoms with E-state index in [4.69, 9.17) is 0 Å². The van der Waals surface area contributed by atoms with E-state index < -0.39 is 0 Å². The second kappa shape index (κ2) is 36.0. The highest BCUT2D eigenvalue weighted by atomic mass is 16.5. The van der Waals surface area contributed by atoms with Gasteiger partial charge in [0.15, 0.2) is 0 Å². The monoisotopic (exact) mass is 900 g/mol. The van der Waals surface area contributed by atoms with Crippen molar-refractivity contribution in [3.63, 3.8) is 0 Å². The number of benzene rings is 2. The van der Waals surface area contributed by atoms with Crippen molar-refractivity contribution < 1.29 is 14.3 Å². The molecule has 0 saturated carbocycles. The van der Waals surface area contributed by atoms with Crippen LogP contribution in [0.1, 0.15) is 70.8 Å². The number of ether oxygens (including phenoxy) is 1. The van der Waals surface area contributed by atoms with E-state index in [1.54, 1.807) is 19.4 Å². The van der Waals surface area contributed by atoms with E-state index in [2.05, 4.69) is 148 Å². The molecule has 3 N–H and O–H groups in total. The van der Waals surface area contributed by atoms with Gasteiger partial charge in [-0.05, 0) is 99.4 Å². The third kappa shape index (κ3) is 21.6. The molecule has 0 saturated heterocycles. The van der Waals surface area contributed by atoms with Gasteiger partial charge in [-0.2, -0.15) is 0 Å². The number of amides is 1. The molecule has 0 aliphatic heterocycles. The van der Waals surface area contributed by atoms with Gasteiger partial charge in [0.25, 0.3) is 0 Å². The van der Waals surface area contributed by atoms with Gasteiger partial charge in [0.05, 0.1) is 43.1 Å². The zero-order valence-corrected chi connectivity index (χ0v) is 41.2. The summed E-state index contributed by atoms with van der Waals surface area (Å²) >= 11 is 0. The first-order valence-electron chi connectivity index (χ1n) is 22.8. The number of rotatable bonds is 25. The number of hydrogen-bond donors (Lipinski definition) is 3. The van der Waals surface area contributed by atoms with Crippen LogP contribution < -0.4 is 10.6 Å². The number of nitrogens with one attached hydrogen (secondary N) is 3. The molecule has 12 nitrogen and oxygen atoms in total. The molecule has 0 bridgehead atoms. The molecule has 66 heavy (non-hydrogen) atoms. The molecule has 0 aliphatic rings. The molecular weight excluding hydrogens is 823 g/mol. The number of methoxy groups -OCH3 is 1. The molecule has 4 aromatic rings. The number of likely N-dealkylation sites (N-methyl/N-ethyl adjacent to an activating group) is 1. The third-order valence-electron chi connectivity index (χ3n) is 10.2. The average molecular weight is 900 g/mol. The molecule has 0 radical (unpaired) electrons. The first kappa shape index (κ1) is 57.8. The van der Waals surface area contributed by atoms with Gasteiger partial charge in [0, 0.05) is 52.3 Å². The lowest BCUT2D eigenvalue weighted by Gasteiger charge is -2.25. The van der Waals surface area contributed by atoms with E-state index in [0.29, 0.717) is 32.7 Å². The van der Waals surface area contributed by atoms with Gasteiger partial charge in [0.1, 0.15) is 12.1 Å². The minimum atomic E-state index is -0.138. The lowest BCUT2D eigenvalue weighted by Crippen LogP contribution is -2.37. The summed E-state index contributed by atoms with van der Waals surface area (Å²) in [5.41, 5.74) is 8.43. The maximum Gasteiger partial charge on any atom is 0.223 e. The number of H-pyrrole nitrogens is 1. The standard InChI is InChI=1S/C36H45N7O.C13H21NO.C3H9NO.C2H2/c1-5-21-42(4)23-20-39-25-33(37-3)31-14-10-29(11-15-31)30-12-16-32(17-13-30)34-26-40-35(41-34)27-43(22-6-2)36(44)18-9-28-8-7-19-38-24-28;1-5-9-10-12(6-2)13(11-15)14(7-3)8-4;1-4-3-5-2;1-2/h7-8,10-17,19-20,24-26,37H,5-6,9,18,21-23,27H2,1-4H3,(H,40,41);5-6,9-11,13H,1,7-8H2,2-4H3;4H,3H2,1-2H3;1-2H/b33-25-,39-20?;10-9-,12-6+;;/t;13-;;/m.0../s1. The van der Waals surface area contributed by atoms with Crippen LogP contribution in [0.5, 0.6) is 0 Å². The second-order valence-electron chi connectivity index (χ2n) is 14.9. The molecule has 12 heteroatoms. The van der Waals surface area contributed by atoms with Crippen LogP contribution in [0.15, 0.2) is 127 Å². The number of aromatic amines is 1. The smallest absolute Gasteiger partial charge is 0.223 e. The second-order valence-corrected chi connectivity index (χ2v) is 14.9. The van der Waals surface area contributed by atoms with Crippen molar-refractivity contribution in [3.8, 4) is 35.2 Å². The molecule has 2 heterocycles. The molecule has 356 valence electrons. The normalized spacial score (nSPS) is 11.8. The molecule has 0 aliphatic carbocycles. The van der Waals surface area contributed by atoms with Gasteiger partial charge >= 0.3 is 0 Å². The molecule has 4 rings (SSSR count). The first-order chi connectivity index (χ1) is 32.2. The summed E-state index contributed by atoms with van der Waals surface area (Å²) in [5, 5.41) is 6.05. The van der Waals surface area contributed by atoms with Crippen molar-refractivity contribution in [1.82, 2.24) is 40.3 Å². The van der Waals surface area contributed by atoms with E-state index >= 15 is 0 Å². The Hall–Kier alpha value is -6.23. The number of carbonyl (C=O) groups is 2. The van der Waals surface area contributed by atoms with Crippen LogP contribution in [-0.4, -0.2) is 122 Å². The van der Waals surface area contributed by atoms with Crippen LogP contribution in [0, 0.1) is 12.8 Å². The lowest BCUT2D eigenvalue weighted by molar-refractivity contribution is -0.132. The Kier molecular flexibility index (Phi) is 31.6. The Bertz CT molecular complexity index is 2050. The number of terminal acetylenes is 1. The third-order valence-corrected chi connectivity index (χ3v) is 10.2. The molecule has 1 atom stereocenters. The Labute approximate surface area is 397 Å². The van der Waals surface area contributed by atoms with Crippen LogP contribution >= 0.6 is 0 Å². The number of nitrogens with zero attached hydrogens (tertiary/aromatic N) is 6. The summed E-state index contributed by atoms with van der Waals surface area (Å²) in [5.74, 6) is 0.915. The van der Waals surface area contributed by atoms with Crippen LogP contribution in [0.2, 0.25) is 0 Å². The maximum absolute atomic E-state index is 13.0. The highest BCUT2D eigenvalue weighted by Gasteiger charge is 2.17. The highest BCUT2D eigenvalue weighted by molar-refractivity contribution is 5.76. The molecule has 1 amide bonds. The summed E-state index contributed by atoms with van der Waals surface area (Å²) in [6.07, 6.45) is 28.9. The number of aryl methyl sites for hydroxylation is 1. The lowest BCUT2D eigenvalue weighted by atomic mass is 10.0. The topological polar surface area (TPSA) is 131 Å². The Morgan fingerprint density at radius 1 is 0.955 bits per heavy atom. The zero-order valence-electron chi connectivity index (χ0n) is 41.2.